The summed E-state index contributed by atoms with van der Waals surface area (Å²) in [4.78, 5) is 18.5. The number of ether oxygens (including phenoxy) is 1. The summed E-state index contributed by atoms with van der Waals surface area (Å²) >= 11 is 0. The standard InChI is InChI=1S/C20H31N3O2/c1-16-5-4-6-19(13-16)25-12-11-21-14-17(2)20(15-21)23-9-7-22(8-10-23)18(3)24/h4-6,13,17,20H,7-12,14-15H2,1-3H3. The van der Waals surface area contributed by atoms with Gasteiger partial charge in [0, 0.05) is 58.8 Å². The molecular formula is C20H31N3O2. The first-order valence-electron chi connectivity index (χ1n) is 9.44. The van der Waals surface area contributed by atoms with Crippen molar-refractivity contribution in [3.63, 3.8) is 0 Å². The summed E-state index contributed by atoms with van der Waals surface area (Å²) in [6, 6.07) is 8.85. The van der Waals surface area contributed by atoms with Crippen molar-refractivity contribution < 1.29 is 9.53 Å². The highest BCUT2D eigenvalue weighted by atomic mass is 16.5. The minimum absolute atomic E-state index is 0.203. The highest BCUT2D eigenvalue weighted by Gasteiger charge is 2.35. The molecule has 2 aliphatic heterocycles. The van der Waals surface area contributed by atoms with E-state index in [2.05, 4.69) is 35.8 Å². The van der Waals surface area contributed by atoms with Gasteiger partial charge in [-0.3, -0.25) is 14.6 Å². The van der Waals surface area contributed by atoms with E-state index in [0.717, 1.165) is 58.2 Å². The fourth-order valence-electron chi connectivity index (χ4n) is 4.07. The molecule has 1 aromatic rings. The zero-order chi connectivity index (χ0) is 17.8. The van der Waals surface area contributed by atoms with Crippen LogP contribution in [-0.4, -0.2) is 79.1 Å². The van der Waals surface area contributed by atoms with Crippen LogP contribution in [0, 0.1) is 12.8 Å². The van der Waals surface area contributed by atoms with Gasteiger partial charge in [-0.05, 0) is 30.5 Å². The number of rotatable bonds is 5. The van der Waals surface area contributed by atoms with Crippen molar-refractivity contribution in [2.45, 2.75) is 26.8 Å². The summed E-state index contributed by atoms with van der Waals surface area (Å²) in [6.07, 6.45) is 0. The average Bonchev–Trinajstić information content (AvgIpc) is 2.96. The van der Waals surface area contributed by atoms with E-state index in [1.165, 1.54) is 5.56 Å². The second-order valence-electron chi connectivity index (χ2n) is 7.51. The maximum absolute atomic E-state index is 11.5. The van der Waals surface area contributed by atoms with Gasteiger partial charge in [0.05, 0.1) is 0 Å². The highest BCUT2D eigenvalue weighted by molar-refractivity contribution is 5.73. The quantitative estimate of drug-likeness (QED) is 0.816. The van der Waals surface area contributed by atoms with Crippen molar-refractivity contribution in [3.05, 3.63) is 29.8 Å². The number of carbonyl (C=O) groups excluding carboxylic acids is 1. The molecule has 2 saturated heterocycles. The van der Waals surface area contributed by atoms with Crippen LogP contribution in [0.2, 0.25) is 0 Å². The Morgan fingerprint density at radius 3 is 2.64 bits per heavy atom. The molecule has 25 heavy (non-hydrogen) atoms. The van der Waals surface area contributed by atoms with Crippen LogP contribution in [0.25, 0.3) is 0 Å². The SMILES string of the molecule is CC(=O)N1CCN(C2CN(CCOc3cccc(C)c3)CC2C)CC1. The molecule has 2 aliphatic rings. The van der Waals surface area contributed by atoms with Gasteiger partial charge in [0.15, 0.2) is 0 Å². The van der Waals surface area contributed by atoms with E-state index in [0.29, 0.717) is 12.0 Å². The highest BCUT2D eigenvalue weighted by Crippen LogP contribution is 2.23. The molecular weight excluding hydrogens is 314 g/mol. The van der Waals surface area contributed by atoms with Crippen molar-refractivity contribution >= 4 is 5.91 Å². The number of nitrogens with zero attached hydrogens (tertiary/aromatic N) is 3. The van der Waals surface area contributed by atoms with Gasteiger partial charge in [0.25, 0.3) is 0 Å². The molecule has 138 valence electrons. The lowest BCUT2D eigenvalue weighted by atomic mass is 10.0. The average molecular weight is 345 g/mol. The van der Waals surface area contributed by atoms with Crippen LogP contribution < -0.4 is 4.74 Å². The Bertz CT molecular complexity index is 584. The molecule has 0 aliphatic carbocycles. The number of benzene rings is 1. The Labute approximate surface area is 151 Å². The Kier molecular flexibility index (Phi) is 5.97. The van der Waals surface area contributed by atoms with Crippen molar-refractivity contribution in [1.82, 2.24) is 14.7 Å². The van der Waals surface area contributed by atoms with E-state index in [1.807, 2.05) is 17.0 Å². The third-order valence-corrected chi connectivity index (χ3v) is 5.54. The van der Waals surface area contributed by atoms with Crippen LogP contribution in [0.3, 0.4) is 0 Å². The van der Waals surface area contributed by atoms with Gasteiger partial charge in [-0.25, -0.2) is 0 Å². The molecule has 0 bridgehead atoms. The number of carbonyl (C=O) groups is 1. The summed E-state index contributed by atoms with van der Waals surface area (Å²) in [5.41, 5.74) is 1.23. The largest absolute Gasteiger partial charge is 0.492 e. The van der Waals surface area contributed by atoms with Gasteiger partial charge in [0.2, 0.25) is 5.91 Å². The van der Waals surface area contributed by atoms with Crippen LogP contribution in [-0.2, 0) is 4.79 Å². The fourth-order valence-corrected chi connectivity index (χ4v) is 4.07. The van der Waals surface area contributed by atoms with Crippen molar-refractivity contribution in [1.29, 1.82) is 0 Å². The molecule has 2 unspecified atom stereocenters. The van der Waals surface area contributed by atoms with E-state index in [1.54, 1.807) is 6.92 Å². The maximum Gasteiger partial charge on any atom is 0.219 e. The number of amides is 1. The predicted molar refractivity (Wildman–Crippen MR) is 99.9 cm³/mol. The van der Waals surface area contributed by atoms with E-state index in [4.69, 9.17) is 4.74 Å². The summed E-state index contributed by atoms with van der Waals surface area (Å²) < 4.78 is 5.91. The zero-order valence-corrected chi connectivity index (χ0v) is 15.8. The first kappa shape index (κ1) is 18.2. The Morgan fingerprint density at radius 2 is 1.96 bits per heavy atom. The van der Waals surface area contributed by atoms with Crippen LogP contribution in [0.5, 0.6) is 5.75 Å². The van der Waals surface area contributed by atoms with E-state index in [-0.39, 0.29) is 5.91 Å². The Hall–Kier alpha value is -1.59. The van der Waals surface area contributed by atoms with Gasteiger partial charge < -0.3 is 9.64 Å². The molecule has 2 fully saturated rings. The van der Waals surface area contributed by atoms with Gasteiger partial charge in [-0.1, -0.05) is 19.1 Å². The minimum Gasteiger partial charge on any atom is -0.492 e. The van der Waals surface area contributed by atoms with Gasteiger partial charge in [0.1, 0.15) is 12.4 Å². The van der Waals surface area contributed by atoms with Gasteiger partial charge >= 0.3 is 0 Å². The monoisotopic (exact) mass is 345 g/mol. The normalized spacial score (nSPS) is 25.3. The molecule has 2 atom stereocenters. The minimum atomic E-state index is 0.203. The predicted octanol–water partition coefficient (Wildman–Crippen LogP) is 1.86. The Balaban J connectivity index is 1.43. The molecule has 5 heteroatoms. The molecule has 0 spiro atoms. The number of aryl methyl sites for hydroxylation is 1. The number of hydrogen-bond acceptors (Lipinski definition) is 4. The summed E-state index contributed by atoms with van der Waals surface area (Å²) in [6.45, 7) is 13.8. The lowest BCUT2D eigenvalue weighted by molar-refractivity contribution is -0.130. The summed E-state index contributed by atoms with van der Waals surface area (Å²) in [5, 5.41) is 0. The third-order valence-electron chi connectivity index (χ3n) is 5.54. The number of piperazine rings is 1. The summed E-state index contributed by atoms with van der Waals surface area (Å²) in [7, 11) is 0. The van der Waals surface area contributed by atoms with E-state index >= 15 is 0 Å². The zero-order valence-electron chi connectivity index (χ0n) is 15.8. The molecule has 0 radical (unpaired) electrons. The molecule has 0 saturated carbocycles. The van der Waals surface area contributed by atoms with Crippen LogP contribution in [0.15, 0.2) is 24.3 Å². The molecule has 1 amide bonds. The smallest absolute Gasteiger partial charge is 0.219 e. The summed E-state index contributed by atoms with van der Waals surface area (Å²) in [5.74, 6) is 1.83. The maximum atomic E-state index is 11.5. The number of hydrogen-bond donors (Lipinski definition) is 0. The van der Waals surface area contributed by atoms with Crippen LogP contribution in [0.4, 0.5) is 0 Å². The molecule has 2 heterocycles. The molecule has 0 aromatic heterocycles. The lowest BCUT2D eigenvalue weighted by Crippen LogP contribution is -2.53. The fraction of sp³-hybridized carbons (Fsp3) is 0.650. The van der Waals surface area contributed by atoms with Crippen LogP contribution >= 0.6 is 0 Å². The molecule has 5 nitrogen and oxygen atoms in total. The van der Waals surface area contributed by atoms with E-state index in [9.17, 15) is 4.79 Å². The second-order valence-corrected chi connectivity index (χ2v) is 7.51. The third kappa shape index (κ3) is 4.73. The Morgan fingerprint density at radius 1 is 1.20 bits per heavy atom. The van der Waals surface area contributed by atoms with Crippen LogP contribution in [0.1, 0.15) is 19.4 Å². The van der Waals surface area contributed by atoms with Crippen molar-refractivity contribution in [3.8, 4) is 5.75 Å². The second kappa shape index (κ2) is 8.19. The van der Waals surface area contributed by atoms with Gasteiger partial charge in [-0.2, -0.15) is 0 Å². The lowest BCUT2D eigenvalue weighted by Gasteiger charge is -2.39. The first-order chi connectivity index (χ1) is 12.0. The van der Waals surface area contributed by atoms with E-state index < -0.39 is 0 Å². The molecule has 1 aromatic carbocycles. The molecule has 0 N–H and O–H groups in total. The first-order valence-corrected chi connectivity index (χ1v) is 9.44. The van der Waals surface area contributed by atoms with Crippen molar-refractivity contribution in [2.75, 3.05) is 52.4 Å². The topological polar surface area (TPSA) is 36.0 Å². The number of likely N-dealkylation sites (tertiary alicyclic amines) is 1. The molecule has 3 rings (SSSR count). The van der Waals surface area contributed by atoms with Gasteiger partial charge in [-0.15, -0.1) is 0 Å². The van der Waals surface area contributed by atoms with Crippen molar-refractivity contribution in [2.24, 2.45) is 5.92 Å².